The highest BCUT2D eigenvalue weighted by Crippen LogP contribution is 2.09. The number of carbonyl (C=O) groups is 1. The van der Waals surface area contributed by atoms with Gasteiger partial charge in [0.1, 0.15) is 0 Å². The molecule has 1 radical (unpaired) electrons. The molecule has 0 aliphatic carbocycles. The first kappa shape index (κ1) is 9.07. The van der Waals surface area contributed by atoms with Crippen molar-refractivity contribution in [3.05, 3.63) is 34.9 Å². The minimum absolute atomic E-state index is 0.367. The summed E-state index contributed by atoms with van der Waals surface area (Å²) in [6.45, 7) is 2.13. The molecule has 1 aromatic rings. The molecule has 3 heteroatoms. The maximum atomic E-state index is 11.1. The standard InChI is InChI=1S/C9H8ClO2/c1-2-12-9(11)7-3-5-8(10)6-4-7/h3,5-6H,2H2,1H3. The van der Waals surface area contributed by atoms with Gasteiger partial charge in [0.15, 0.2) is 0 Å². The number of benzene rings is 1. The lowest BCUT2D eigenvalue weighted by atomic mass is 10.2. The second-order valence-electron chi connectivity index (χ2n) is 2.14. The fourth-order valence-corrected chi connectivity index (χ4v) is 0.859. The van der Waals surface area contributed by atoms with Crippen LogP contribution >= 0.6 is 11.6 Å². The maximum Gasteiger partial charge on any atom is 0.338 e. The molecule has 0 N–H and O–H groups in total. The normalized spacial score (nSPS) is 9.50. The van der Waals surface area contributed by atoms with Gasteiger partial charge in [-0.2, -0.15) is 0 Å². The SMILES string of the molecule is CCOC(=O)c1[c]cc(Cl)cc1. The number of rotatable bonds is 2. The van der Waals surface area contributed by atoms with Gasteiger partial charge in [-0.1, -0.05) is 11.6 Å². The van der Waals surface area contributed by atoms with Crippen LogP contribution in [0.2, 0.25) is 5.02 Å². The molecule has 0 heterocycles. The predicted octanol–water partition coefficient (Wildman–Crippen LogP) is 2.32. The molecule has 0 amide bonds. The minimum atomic E-state index is -0.367. The number of halogens is 1. The smallest absolute Gasteiger partial charge is 0.338 e. The maximum absolute atomic E-state index is 11.1. The number of esters is 1. The van der Waals surface area contributed by atoms with E-state index in [9.17, 15) is 4.79 Å². The summed E-state index contributed by atoms with van der Waals surface area (Å²) >= 11 is 5.61. The van der Waals surface area contributed by atoms with Gasteiger partial charge in [-0.25, -0.2) is 4.79 Å². The van der Waals surface area contributed by atoms with E-state index in [1.165, 1.54) is 6.07 Å². The van der Waals surface area contributed by atoms with Gasteiger partial charge < -0.3 is 4.74 Å². The lowest BCUT2D eigenvalue weighted by Gasteiger charge is -1.99. The Morgan fingerprint density at radius 3 is 2.92 bits per heavy atom. The van der Waals surface area contributed by atoms with E-state index in [4.69, 9.17) is 16.3 Å². The first-order chi connectivity index (χ1) is 5.74. The summed E-state index contributed by atoms with van der Waals surface area (Å²) in [4.78, 5) is 11.1. The second kappa shape index (κ2) is 4.12. The molecule has 0 atom stereocenters. The molecule has 0 saturated heterocycles. The molecule has 12 heavy (non-hydrogen) atoms. The van der Waals surface area contributed by atoms with Crippen molar-refractivity contribution in [3.8, 4) is 0 Å². The first-order valence-corrected chi connectivity index (χ1v) is 3.96. The van der Waals surface area contributed by atoms with Crippen molar-refractivity contribution >= 4 is 17.6 Å². The van der Waals surface area contributed by atoms with Gasteiger partial charge >= 0.3 is 5.97 Å². The van der Waals surface area contributed by atoms with E-state index in [1.54, 1.807) is 19.1 Å². The topological polar surface area (TPSA) is 26.3 Å². The van der Waals surface area contributed by atoms with E-state index in [0.717, 1.165) is 0 Å². The molecule has 63 valence electrons. The van der Waals surface area contributed by atoms with Crippen LogP contribution in [-0.4, -0.2) is 12.6 Å². The highest BCUT2D eigenvalue weighted by atomic mass is 35.5. The van der Waals surface area contributed by atoms with Gasteiger partial charge in [0.05, 0.1) is 12.2 Å². The van der Waals surface area contributed by atoms with Crippen molar-refractivity contribution in [2.24, 2.45) is 0 Å². The zero-order valence-electron chi connectivity index (χ0n) is 6.63. The van der Waals surface area contributed by atoms with Crippen molar-refractivity contribution < 1.29 is 9.53 Å². The molecule has 0 saturated carbocycles. The van der Waals surface area contributed by atoms with Crippen LogP contribution in [-0.2, 0) is 4.74 Å². The quantitative estimate of drug-likeness (QED) is 0.658. The lowest BCUT2D eigenvalue weighted by molar-refractivity contribution is 0.0526. The van der Waals surface area contributed by atoms with Crippen LogP contribution in [0, 0.1) is 6.07 Å². The zero-order chi connectivity index (χ0) is 8.97. The van der Waals surface area contributed by atoms with Crippen molar-refractivity contribution in [2.75, 3.05) is 6.61 Å². The monoisotopic (exact) mass is 183 g/mol. The summed E-state index contributed by atoms with van der Waals surface area (Å²) < 4.78 is 4.75. The van der Waals surface area contributed by atoms with Crippen molar-refractivity contribution in [2.45, 2.75) is 6.92 Å². The van der Waals surface area contributed by atoms with Gasteiger partial charge in [0, 0.05) is 5.02 Å². The third-order valence-electron chi connectivity index (χ3n) is 1.27. The average Bonchev–Trinajstić information content (AvgIpc) is 2.06. The number of ether oxygens (including phenoxy) is 1. The average molecular weight is 184 g/mol. The molecule has 0 unspecified atom stereocenters. The van der Waals surface area contributed by atoms with Gasteiger partial charge in [0.25, 0.3) is 0 Å². The molecular formula is C9H8ClO2. The van der Waals surface area contributed by atoms with Gasteiger partial charge in [-0.3, -0.25) is 0 Å². The first-order valence-electron chi connectivity index (χ1n) is 3.58. The van der Waals surface area contributed by atoms with Crippen LogP contribution in [0.5, 0.6) is 0 Å². The third kappa shape index (κ3) is 2.24. The predicted molar refractivity (Wildman–Crippen MR) is 46.2 cm³/mol. The molecule has 0 aliphatic rings. The summed E-state index contributed by atoms with van der Waals surface area (Å²) in [5.74, 6) is -0.367. The number of hydrogen-bond donors (Lipinski definition) is 0. The van der Waals surface area contributed by atoms with E-state index in [0.29, 0.717) is 17.2 Å². The van der Waals surface area contributed by atoms with Crippen molar-refractivity contribution in [1.82, 2.24) is 0 Å². The summed E-state index contributed by atoms with van der Waals surface area (Å²) in [5.41, 5.74) is 0.404. The largest absolute Gasteiger partial charge is 0.462 e. The van der Waals surface area contributed by atoms with Crippen LogP contribution in [0.3, 0.4) is 0 Å². The summed E-state index contributed by atoms with van der Waals surface area (Å²) in [6, 6.07) is 7.46. The zero-order valence-corrected chi connectivity index (χ0v) is 7.39. The summed E-state index contributed by atoms with van der Waals surface area (Å²) in [7, 11) is 0. The van der Waals surface area contributed by atoms with Gasteiger partial charge in [-0.15, -0.1) is 0 Å². The number of hydrogen-bond acceptors (Lipinski definition) is 2. The summed E-state index contributed by atoms with van der Waals surface area (Å²) in [6.07, 6.45) is 0. The van der Waals surface area contributed by atoms with Gasteiger partial charge in [-0.05, 0) is 31.2 Å². The van der Waals surface area contributed by atoms with Crippen LogP contribution in [0.25, 0.3) is 0 Å². The van der Waals surface area contributed by atoms with E-state index >= 15 is 0 Å². The van der Waals surface area contributed by atoms with Gasteiger partial charge in [0.2, 0.25) is 0 Å². The number of carbonyl (C=O) groups excluding carboxylic acids is 1. The molecule has 0 bridgehead atoms. The fourth-order valence-electron chi connectivity index (χ4n) is 0.742. The Morgan fingerprint density at radius 2 is 2.42 bits per heavy atom. The van der Waals surface area contributed by atoms with Crippen molar-refractivity contribution in [1.29, 1.82) is 0 Å². The van der Waals surface area contributed by atoms with E-state index in [-0.39, 0.29) is 5.97 Å². The third-order valence-corrected chi connectivity index (χ3v) is 1.51. The Labute approximate surface area is 76.1 Å². The molecular weight excluding hydrogens is 176 g/mol. The second-order valence-corrected chi connectivity index (χ2v) is 2.58. The van der Waals surface area contributed by atoms with Crippen molar-refractivity contribution in [3.63, 3.8) is 0 Å². The summed E-state index contributed by atoms with van der Waals surface area (Å²) in [5, 5.41) is 0.558. The van der Waals surface area contributed by atoms with Crippen LogP contribution < -0.4 is 0 Å². The highest BCUT2D eigenvalue weighted by Gasteiger charge is 2.04. The van der Waals surface area contributed by atoms with Crippen LogP contribution in [0.1, 0.15) is 17.3 Å². The Balaban J connectivity index is 2.75. The Hall–Kier alpha value is -1.02. The Morgan fingerprint density at radius 1 is 1.67 bits per heavy atom. The Bertz CT molecular complexity index is 266. The highest BCUT2D eigenvalue weighted by molar-refractivity contribution is 6.30. The van der Waals surface area contributed by atoms with E-state index in [1.807, 2.05) is 0 Å². The molecule has 1 aromatic carbocycles. The lowest BCUT2D eigenvalue weighted by Crippen LogP contribution is -2.03. The molecule has 0 fully saturated rings. The van der Waals surface area contributed by atoms with Crippen LogP contribution in [0.15, 0.2) is 18.2 Å². The fraction of sp³-hybridized carbons (Fsp3) is 0.222. The van der Waals surface area contributed by atoms with E-state index in [2.05, 4.69) is 6.07 Å². The molecule has 0 spiro atoms. The Kier molecular flexibility index (Phi) is 3.11. The molecule has 2 nitrogen and oxygen atoms in total. The molecule has 0 aliphatic heterocycles. The minimum Gasteiger partial charge on any atom is -0.462 e. The molecule has 0 aromatic heterocycles. The van der Waals surface area contributed by atoms with E-state index < -0.39 is 0 Å². The molecule has 1 rings (SSSR count). The van der Waals surface area contributed by atoms with Crippen LogP contribution in [0.4, 0.5) is 0 Å².